The number of hydrogen-bond acceptors (Lipinski definition) is 3. The molecule has 2 aromatic rings. The number of hydrogen-bond donors (Lipinski definition) is 3. The third-order valence-electron chi connectivity index (χ3n) is 4.07. The molecule has 0 saturated heterocycles. The molecular weight excluding hydrogens is 479 g/mol. The number of amides is 1. The van der Waals surface area contributed by atoms with E-state index in [9.17, 15) is 4.79 Å². The average Bonchev–Trinajstić information content (AvgIpc) is 2.71. The van der Waals surface area contributed by atoms with Gasteiger partial charge in [-0.3, -0.25) is 4.79 Å². The predicted molar refractivity (Wildman–Crippen MR) is 130 cm³/mol. The van der Waals surface area contributed by atoms with Crippen LogP contribution in [0, 0.1) is 0 Å². The summed E-state index contributed by atoms with van der Waals surface area (Å²) in [6.45, 7) is 6.00. The Morgan fingerprint density at radius 2 is 1.79 bits per heavy atom. The van der Waals surface area contributed by atoms with E-state index in [-0.39, 0.29) is 29.9 Å². The molecular formula is C22H31IN4O2. The van der Waals surface area contributed by atoms with Crippen molar-refractivity contribution in [3.63, 3.8) is 0 Å². The Balaban J connectivity index is 0.00000420. The molecule has 29 heavy (non-hydrogen) atoms. The number of guanidine groups is 1. The molecule has 0 spiro atoms. The summed E-state index contributed by atoms with van der Waals surface area (Å²) in [7, 11) is 1.66. The van der Waals surface area contributed by atoms with E-state index in [1.165, 1.54) is 0 Å². The van der Waals surface area contributed by atoms with Crippen molar-refractivity contribution in [2.24, 2.45) is 4.99 Å². The molecule has 0 atom stereocenters. The van der Waals surface area contributed by atoms with Crippen molar-refractivity contribution in [2.45, 2.75) is 39.8 Å². The summed E-state index contributed by atoms with van der Waals surface area (Å²) in [5, 5.41) is 9.51. The molecule has 2 rings (SSSR count). The summed E-state index contributed by atoms with van der Waals surface area (Å²) in [5.41, 5.74) is 2.99. The van der Waals surface area contributed by atoms with Gasteiger partial charge >= 0.3 is 0 Å². The first-order chi connectivity index (χ1) is 13.6. The minimum absolute atomic E-state index is 0. The molecule has 0 radical (unpaired) electrons. The van der Waals surface area contributed by atoms with Gasteiger partial charge in [-0.05, 0) is 48.7 Å². The second kappa shape index (κ2) is 13.8. The number of nitrogens with zero attached hydrogens (tertiary/aromatic N) is 1. The second-order valence-corrected chi connectivity index (χ2v) is 6.40. The molecule has 2 aromatic carbocycles. The summed E-state index contributed by atoms with van der Waals surface area (Å²) in [4.78, 5) is 16.4. The summed E-state index contributed by atoms with van der Waals surface area (Å²) >= 11 is 0. The molecule has 1 amide bonds. The maximum absolute atomic E-state index is 11.8. The third-order valence-corrected chi connectivity index (χ3v) is 4.07. The van der Waals surface area contributed by atoms with Gasteiger partial charge in [-0.1, -0.05) is 31.2 Å². The first kappa shape index (κ1) is 24.7. The van der Waals surface area contributed by atoms with Crippen molar-refractivity contribution in [3.8, 4) is 5.75 Å². The lowest BCUT2D eigenvalue weighted by atomic mass is 10.2. The van der Waals surface area contributed by atoms with E-state index in [0.29, 0.717) is 19.5 Å². The Hall–Kier alpha value is -2.29. The zero-order chi connectivity index (χ0) is 20.2. The van der Waals surface area contributed by atoms with Crippen molar-refractivity contribution in [1.29, 1.82) is 0 Å². The minimum atomic E-state index is 0. The number of aliphatic imine (C=N–C) groups is 1. The Labute approximate surface area is 190 Å². The predicted octanol–water partition coefficient (Wildman–Crippen LogP) is 4.31. The van der Waals surface area contributed by atoms with E-state index in [1.54, 1.807) is 7.11 Å². The van der Waals surface area contributed by atoms with Crippen LogP contribution in [0.5, 0.6) is 5.75 Å². The number of carbonyl (C=O) groups is 1. The molecule has 0 aromatic heterocycles. The monoisotopic (exact) mass is 510 g/mol. The molecule has 0 saturated carbocycles. The number of anilines is 1. The van der Waals surface area contributed by atoms with Gasteiger partial charge in [0.2, 0.25) is 5.91 Å². The van der Waals surface area contributed by atoms with E-state index in [2.05, 4.69) is 20.9 Å². The number of benzene rings is 2. The average molecular weight is 510 g/mol. The van der Waals surface area contributed by atoms with Crippen LogP contribution in [0.2, 0.25) is 0 Å². The number of halogens is 1. The fourth-order valence-corrected chi connectivity index (χ4v) is 2.64. The molecule has 0 aliphatic rings. The maximum Gasteiger partial charge on any atom is 0.224 e. The van der Waals surface area contributed by atoms with Crippen LogP contribution in [0.15, 0.2) is 53.5 Å². The maximum atomic E-state index is 11.8. The molecule has 158 valence electrons. The van der Waals surface area contributed by atoms with Crippen LogP contribution in [0.1, 0.15) is 37.8 Å². The Bertz CT molecular complexity index is 779. The van der Waals surface area contributed by atoms with E-state index >= 15 is 0 Å². The van der Waals surface area contributed by atoms with Crippen molar-refractivity contribution in [3.05, 3.63) is 59.7 Å². The van der Waals surface area contributed by atoms with Crippen LogP contribution in [0.25, 0.3) is 0 Å². The third kappa shape index (κ3) is 9.17. The highest BCUT2D eigenvalue weighted by Crippen LogP contribution is 2.13. The number of nitrogens with one attached hydrogen (secondary N) is 3. The quantitative estimate of drug-likeness (QED) is 0.267. The van der Waals surface area contributed by atoms with Crippen molar-refractivity contribution < 1.29 is 9.53 Å². The molecule has 0 aliphatic carbocycles. The summed E-state index contributed by atoms with van der Waals surface area (Å²) in [5.74, 6) is 1.63. The number of rotatable bonds is 9. The van der Waals surface area contributed by atoms with E-state index in [4.69, 9.17) is 4.74 Å². The summed E-state index contributed by atoms with van der Waals surface area (Å²) in [6, 6.07) is 15.7. The van der Waals surface area contributed by atoms with Crippen molar-refractivity contribution >= 4 is 41.5 Å². The van der Waals surface area contributed by atoms with Crippen LogP contribution in [0.4, 0.5) is 5.69 Å². The highest BCUT2D eigenvalue weighted by atomic mass is 127. The molecule has 6 nitrogen and oxygen atoms in total. The van der Waals surface area contributed by atoms with E-state index in [0.717, 1.165) is 41.5 Å². The Kier molecular flexibility index (Phi) is 11.8. The van der Waals surface area contributed by atoms with Gasteiger partial charge in [0, 0.05) is 25.2 Å². The highest BCUT2D eigenvalue weighted by Gasteiger charge is 2.03. The van der Waals surface area contributed by atoms with Gasteiger partial charge in [0.15, 0.2) is 5.96 Å². The first-order valence-corrected chi connectivity index (χ1v) is 9.68. The SMILES string of the molecule is CCCC(=O)Nc1cccc(CN=C(NCC)NCc2ccc(OC)cc2)c1.I. The van der Waals surface area contributed by atoms with Gasteiger partial charge < -0.3 is 20.7 Å². The van der Waals surface area contributed by atoms with Gasteiger partial charge in [-0.25, -0.2) is 4.99 Å². The zero-order valence-electron chi connectivity index (χ0n) is 17.3. The lowest BCUT2D eigenvalue weighted by molar-refractivity contribution is -0.116. The fourth-order valence-electron chi connectivity index (χ4n) is 2.64. The van der Waals surface area contributed by atoms with Crippen LogP contribution in [-0.2, 0) is 17.9 Å². The number of carbonyl (C=O) groups excluding carboxylic acids is 1. The van der Waals surface area contributed by atoms with Crippen LogP contribution in [0.3, 0.4) is 0 Å². The topological polar surface area (TPSA) is 74.8 Å². The Morgan fingerprint density at radius 1 is 1.03 bits per heavy atom. The van der Waals surface area contributed by atoms with Crippen LogP contribution in [-0.4, -0.2) is 25.5 Å². The fraction of sp³-hybridized carbons (Fsp3) is 0.364. The Morgan fingerprint density at radius 3 is 2.45 bits per heavy atom. The van der Waals surface area contributed by atoms with Gasteiger partial charge in [0.05, 0.1) is 13.7 Å². The lowest BCUT2D eigenvalue weighted by Crippen LogP contribution is -2.36. The summed E-state index contributed by atoms with van der Waals surface area (Å²) in [6.07, 6.45) is 1.37. The second-order valence-electron chi connectivity index (χ2n) is 6.40. The minimum Gasteiger partial charge on any atom is -0.497 e. The standard InChI is InChI=1S/C22H30N4O2.HI/c1-4-7-21(27)26-19-9-6-8-18(14-19)16-25-22(23-5-2)24-15-17-10-12-20(28-3)13-11-17;/h6,8-14H,4-5,7,15-16H2,1-3H3,(H,26,27)(H2,23,24,25);1H. The van der Waals surface area contributed by atoms with Gasteiger partial charge in [-0.15, -0.1) is 24.0 Å². The smallest absolute Gasteiger partial charge is 0.224 e. The lowest BCUT2D eigenvalue weighted by Gasteiger charge is -2.12. The normalized spacial score (nSPS) is 10.7. The number of ether oxygens (including phenoxy) is 1. The van der Waals surface area contributed by atoms with Gasteiger partial charge in [-0.2, -0.15) is 0 Å². The largest absolute Gasteiger partial charge is 0.497 e. The molecule has 3 N–H and O–H groups in total. The van der Waals surface area contributed by atoms with Crippen molar-refractivity contribution in [1.82, 2.24) is 10.6 Å². The highest BCUT2D eigenvalue weighted by molar-refractivity contribution is 14.0. The first-order valence-electron chi connectivity index (χ1n) is 9.68. The van der Waals surface area contributed by atoms with E-state index < -0.39 is 0 Å². The van der Waals surface area contributed by atoms with Crippen LogP contribution >= 0.6 is 24.0 Å². The molecule has 7 heteroatoms. The van der Waals surface area contributed by atoms with Crippen molar-refractivity contribution in [2.75, 3.05) is 19.0 Å². The molecule has 0 heterocycles. The zero-order valence-corrected chi connectivity index (χ0v) is 19.7. The van der Waals surface area contributed by atoms with Crippen LogP contribution < -0.4 is 20.7 Å². The van der Waals surface area contributed by atoms with E-state index in [1.807, 2.05) is 62.4 Å². The molecule has 0 fully saturated rings. The summed E-state index contributed by atoms with van der Waals surface area (Å²) < 4.78 is 5.19. The molecule has 0 aliphatic heterocycles. The van der Waals surface area contributed by atoms with Gasteiger partial charge in [0.25, 0.3) is 0 Å². The molecule has 0 bridgehead atoms. The molecule has 0 unspecified atom stereocenters. The van der Waals surface area contributed by atoms with Gasteiger partial charge in [0.1, 0.15) is 5.75 Å². The number of methoxy groups -OCH3 is 1.